The highest BCUT2D eigenvalue weighted by Crippen LogP contribution is 1.89. The summed E-state index contributed by atoms with van der Waals surface area (Å²) in [6.45, 7) is 0. The lowest BCUT2D eigenvalue weighted by Crippen LogP contribution is -0.381. The molecule has 0 spiro atoms. The van der Waals surface area contributed by atoms with Gasteiger partial charge in [0.2, 0.25) is 0 Å². The molecule has 0 aliphatic carbocycles. The maximum Gasteiger partial charge on any atom is 0 e. The van der Waals surface area contributed by atoms with Crippen LogP contribution in [-0.4, -0.2) is 8.41 Å². The zero-order valence-electron chi connectivity index (χ0n) is 2.15. The fourth-order valence-electron chi connectivity index (χ4n) is 0. The molecular weight excluding hydrogens is 423 g/mol. The summed E-state index contributed by atoms with van der Waals surface area (Å²) in [5, 5.41) is 0. The lowest BCUT2D eigenvalue weighted by atomic mass is 10.8. The Bertz CT molecular complexity index is 17.2. The van der Waals surface area contributed by atoms with Crippen molar-refractivity contribution in [2.45, 2.75) is 7.43 Å². The summed E-state index contributed by atoms with van der Waals surface area (Å²) in [5.41, 5.74) is 0. The Kier molecular flexibility index (Phi) is 400. The van der Waals surface area contributed by atoms with E-state index in [-0.39, 0.29) is 47.4 Å². The van der Waals surface area contributed by atoms with Gasteiger partial charge in [0.05, 0.1) is 0 Å². The van der Waals surface area contributed by atoms with Gasteiger partial charge >= 0.3 is 0 Å². The van der Waals surface area contributed by atoms with E-state index in [1.54, 1.807) is 0 Å². The van der Waals surface area contributed by atoms with E-state index >= 15 is 0 Å². The van der Waals surface area contributed by atoms with Crippen LogP contribution < -0.4 is 0 Å². The molecule has 0 N–H and O–H groups in total. The summed E-state index contributed by atoms with van der Waals surface area (Å²) in [4.78, 5) is 0. The van der Waals surface area contributed by atoms with Crippen molar-refractivity contribution in [1.29, 1.82) is 0 Å². The van der Waals surface area contributed by atoms with Crippen molar-refractivity contribution >= 4 is 69.6 Å². The molecule has 5 heteroatoms. The third kappa shape index (κ3) is 34.8. The van der Waals surface area contributed by atoms with Gasteiger partial charge in [-0.25, -0.2) is 0 Å². The minimum absolute atomic E-state index is 0. The first kappa shape index (κ1) is 41.7. The maximum absolute atomic E-state index is 2.12. The first-order chi connectivity index (χ1) is 1.00. The number of hydrogen-bond donors (Lipinski definition) is 0. The van der Waals surface area contributed by atoms with Crippen LogP contribution in [0.4, 0.5) is 4.70 Å². The van der Waals surface area contributed by atoms with Gasteiger partial charge < -0.3 is 0 Å². The van der Waals surface area contributed by atoms with Crippen LogP contribution in [0.5, 0.6) is 0 Å². The molecular formula is CH10BFI3. The highest BCUT2D eigenvalue weighted by Gasteiger charge is 1.00. The minimum atomic E-state index is 0. The molecule has 0 nitrogen and oxygen atoms in total. The standard InChI is InChI=1S/CH4.B.FH.I2.HI.2H2/c;;;1-2;;;/h1H4;;1H;;3*1H/i;;;;;1+1;. The molecule has 0 aromatic heterocycles. The quantitative estimate of drug-likeness (QED) is 0.406. The first-order valence-electron chi connectivity index (χ1n) is 0.143. The molecule has 0 aromatic carbocycles. The van der Waals surface area contributed by atoms with Gasteiger partial charge in [-0.1, -0.05) is 7.43 Å². The number of halogens is 4. The van der Waals surface area contributed by atoms with Gasteiger partial charge in [-0.2, -0.15) is 0 Å². The molecule has 0 saturated carbocycles. The largest absolute Gasteiger partial charge is 0.269 e. The molecule has 0 aliphatic rings. The molecule has 0 heterocycles. The SMILES string of the molecule is C.F.I.II.[2HH].[B].[HH]. The van der Waals surface area contributed by atoms with Crippen LogP contribution >= 0.6 is 61.2 Å². The van der Waals surface area contributed by atoms with Crippen molar-refractivity contribution in [2.75, 3.05) is 0 Å². The molecule has 0 fully saturated rings. The molecule has 0 aliphatic heterocycles. The predicted molar refractivity (Wildman–Crippen MR) is 62.7 cm³/mol. The summed E-state index contributed by atoms with van der Waals surface area (Å²) in [6, 6.07) is 0. The van der Waals surface area contributed by atoms with Crippen molar-refractivity contribution in [3.05, 3.63) is 0 Å². The fraction of sp³-hybridized carbons (Fsp3) is 1.00. The number of rotatable bonds is 0. The van der Waals surface area contributed by atoms with Crippen LogP contribution in [0.25, 0.3) is 0 Å². The van der Waals surface area contributed by atoms with Crippen LogP contribution in [0.2, 0.25) is 0 Å². The molecule has 0 atom stereocenters. The van der Waals surface area contributed by atoms with Crippen LogP contribution in [-0.2, 0) is 0 Å². The lowest BCUT2D eigenvalue weighted by molar-refractivity contribution is 1.11. The van der Waals surface area contributed by atoms with Crippen LogP contribution in [0, 0.1) is 0 Å². The van der Waals surface area contributed by atoms with Crippen molar-refractivity contribution in [2.24, 2.45) is 0 Å². The van der Waals surface area contributed by atoms with E-state index in [1.165, 1.54) is 0 Å². The van der Waals surface area contributed by atoms with E-state index in [0.29, 0.717) is 0 Å². The van der Waals surface area contributed by atoms with Crippen molar-refractivity contribution < 1.29 is 7.56 Å². The van der Waals surface area contributed by atoms with Crippen LogP contribution in [0.15, 0.2) is 0 Å². The molecule has 6 heavy (non-hydrogen) atoms. The third-order valence-electron chi connectivity index (χ3n) is 0. The van der Waals surface area contributed by atoms with Gasteiger partial charge in [-0.3, -0.25) is 4.70 Å². The lowest BCUT2D eigenvalue weighted by Gasteiger charge is -1.00. The van der Waals surface area contributed by atoms with Crippen LogP contribution in [0.1, 0.15) is 10.3 Å². The maximum atomic E-state index is 2.12. The second kappa shape index (κ2) is 57.6. The third-order valence-corrected chi connectivity index (χ3v) is 0. The van der Waals surface area contributed by atoms with Crippen molar-refractivity contribution in [3.8, 4) is 0 Å². The molecule has 0 saturated heterocycles. The van der Waals surface area contributed by atoms with Gasteiger partial charge in [0.15, 0.2) is 0 Å². The summed E-state index contributed by atoms with van der Waals surface area (Å²) in [5.74, 6) is 0. The van der Waals surface area contributed by atoms with Gasteiger partial charge in [-0.15, -0.1) is 24.0 Å². The van der Waals surface area contributed by atoms with Crippen LogP contribution in [0.3, 0.4) is 0 Å². The average Bonchev–Trinajstić information content (AvgIpc) is 1.00. The number of hydrogen-bond acceptors (Lipinski definition) is 0. The van der Waals surface area contributed by atoms with Gasteiger partial charge in [0.25, 0.3) is 0 Å². The molecule has 0 aromatic rings. The molecule has 0 rings (SSSR count). The second-order valence-corrected chi connectivity index (χ2v) is 0. The first-order valence-corrected chi connectivity index (χ1v) is 6.43. The topological polar surface area (TPSA) is 0 Å². The van der Waals surface area contributed by atoms with Gasteiger partial charge in [-0.05, 0) is 0 Å². The molecule has 0 bridgehead atoms. The molecule has 45 valence electrons. The Balaban J connectivity index is -0.000000000333. The molecule has 3 radical (unpaired) electrons. The summed E-state index contributed by atoms with van der Waals surface area (Å²) < 4.78 is 0. The summed E-state index contributed by atoms with van der Waals surface area (Å²) in [7, 11) is 0. The average molecular weight is 434 g/mol. The minimum Gasteiger partial charge on any atom is -0.269 e. The Labute approximate surface area is 83.5 Å². The smallest absolute Gasteiger partial charge is 0 e. The Morgan fingerprint density at radius 2 is 1.33 bits per heavy atom. The zero-order chi connectivity index (χ0) is 2.00. The predicted octanol–water partition coefficient (Wildman–Crippen LogP) is 3.29. The zero-order valence-corrected chi connectivity index (χ0v) is 8.80. The van der Waals surface area contributed by atoms with Gasteiger partial charge in [0.1, 0.15) is 0 Å². The summed E-state index contributed by atoms with van der Waals surface area (Å²) >= 11 is 4.24. The van der Waals surface area contributed by atoms with Crippen molar-refractivity contribution in [3.63, 3.8) is 0 Å². The van der Waals surface area contributed by atoms with Crippen molar-refractivity contribution in [1.82, 2.24) is 0 Å². The second-order valence-electron chi connectivity index (χ2n) is 0. The fourth-order valence-corrected chi connectivity index (χ4v) is 0. The summed E-state index contributed by atoms with van der Waals surface area (Å²) in [6.07, 6.45) is 0. The van der Waals surface area contributed by atoms with E-state index in [9.17, 15) is 0 Å². The van der Waals surface area contributed by atoms with E-state index in [1.807, 2.05) is 0 Å². The van der Waals surface area contributed by atoms with E-state index < -0.39 is 0 Å². The van der Waals surface area contributed by atoms with E-state index in [2.05, 4.69) is 37.2 Å². The normalized spacial score (nSPS) is 1.00. The Hall–Kier alpha value is 2.18. The molecule has 0 amide bonds. The highest BCUT2D eigenvalue weighted by molar-refractivity contribution is 15.0. The molecule has 0 unspecified atom stereocenters. The van der Waals surface area contributed by atoms with E-state index in [4.69, 9.17) is 0 Å². The monoisotopic (exact) mass is 434 g/mol. The Morgan fingerprint density at radius 1 is 1.33 bits per heavy atom. The van der Waals surface area contributed by atoms with E-state index in [0.717, 1.165) is 0 Å². The Morgan fingerprint density at radius 3 is 1.33 bits per heavy atom. The van der Waals surface area contributed by atoms with Gasteiger partial charge in [0, 0.05) is 48.5 Å². The highest BCUT2D eigenvalue weighted by atomic mass is 128.